The first kappa shape index (κ1) is 25.2. The van der Waals surface area contributed by atoms with Crippen LogP contribution in [-0.2, 0) is 19.9 Å². The third-order valence-corrected chi connectivity index (χ3v) is 7.14. The SMILES string of the molecule is COC(=O)[C@H]1[C@H](c2ccccc2)C(c2ccccc2)=C[C@H](C(=O)Oc2ccccc2)[C@]1(O)c1ccccc1. The van der Waals surface area contributed by atoms with Gasteiger partial charge in [-0.2, -0.15) is 0 Å². The summed E-state index contributed by atoms with van der Waals surface area (Å²) in [6.45, 7) is 0. The summed E-state index contributed by atoms with van der Waals surface area (Å²) in [6.07, 6.45) is 1.75. The van der Waals surface area contributed by atoms with Crippen LogP contribution in [0.3, 0.4) is 0 Å². The molecule has 0 bridgehead atoms. The fourth-order valence-electron chi connectivity index (χ4n) is 5.40. The van der Waals surface area contributed by atoms with Gasteiger partial charge in [-0.25, -0.2) is 0 Å². The highest BCUT2D eigenvalue weighted by Crippen LogP contribution is 2.55. The Morgan fingerprint density at radius 1 is 0.711 bits per heavy atom. The quantitative estimate of drug-likeness (QED) is 0.267. The van der Waals surface area contributed by atoms with Crippen molar-refractivity contribution in [1.29, 1.82) is 0 Å². The summed E-state index contributed by atoms with van der Waals surface area (Å²) in [4.78, 5) is 27.5. The summed E-state index contributed by atoms with van der Waals surface area (Å²) in [5.41, 5.74) is 0.863. The fraction of sp³-hybridized carbons (Fsp3) is 0.152. The van der Waals surface area contributed by atoms with Gasteiger partial charge in [-0.05, 0) is 34.4 Å². The summed E-state index contributed by atoms with van der Waals surface area (Å²) in [5.74, 6) is -3.89. The molecule has 5 nitrogen and oxygen atoms in total. The second kappa shape index (κ2) is 10.9. The van der Waals surface area contributed by atoms with Gasteiger partial charge in [-0.3, -0.25) is 9.59 Å². The van der Waals surface area contributed by atoms with E-state index in [0.29, 0.717) is 11.3 Å². The van der Waals surface area contributed by atoms with Crippen molar-refractivity contribution in [3.63, 3.8) is 0 Å². The molecule has 4 atom stereocenters. The van der Waals surface area contributed by atoms with Crippen LogP contribution in [0.25, 0.3) is 5.57 Å². The van der Waals surface area contributed by atoms with Crippen LogP contribution in [0.2, 0.25) is 0 Å². The number of hydrogen-bond donors (Lipinski definition) is 1. The van der Waals surface area contributed by atoms with E-state index in [0.717, 1.165) is 16.7 Å². The van der Waals surface area contributed by atoms with E-state index in [4.69, 9.17) is 9.47 Å². The van der Waals surface area contributed by atoms with Crippen LogP contribution in [-0.4, -0.2) is 24.2 Å². The zero-order chi connectivity index (χ0) is 26.5. The molecule has 0 fully saturated rings. The number of para-hydroxylation sites is 1. The Bertz CT molecular complexity index is 1420. The van der Waals surface area contributed by atoms with Crippen molar-refractivity contribution in [2.24, 2.45) is 11.8 Å². The minimum Gasteiger partial charge on any atom is -0.469 e. The van der Waals surface area contributed by atoms with Gasteiger partial charge in [0.2, 0.25) is 0 Å². The molecular weight excluding hydrogens is 476 g/mol. The van der Waals surface area contributed by atoms with Crippen molar-refractivity contribution < 1.29 is 24.2 Å². The van der Waals surface area contributed by atoms with Crippen molar-refractivity contribution >= 4 is 17.5 Å². The zero-order valence-corrected chi connectivity index (χ0v) is 20.9. The molecule has 0 aromatic heterocycles. The Labute approximate surface area is 222 Å². The van der Waals surface area contributed by atoms with Gasteiger partial charge in [0, 0.05) is 5.92 Å². The number of benzene rings is 4. The number of rotatable bonds is 6. The maximum Gasteiger partial charge on any atom is 0.321 e. The molecule has 4 aromatic carbocycles. The molecule has 0 heterocycles. The normalized spacial score (nSPS) is 22.7. The Balaban J connectivity index is 1.79. The molecule has 5 heteroatoms. The molecule has 0 saturated carbocycles. The number of esters is 2. The highest BCUT2D eigenvalue weighted by molar-refractivity contribution is 5.90. The van der Waals surface area contributed by atoms with E-state index < -0.39 is 35.3 Å². The molecule has 4 aromatic rings. The number of ether oxygens (including phenoxy) is 2. The van der Waals surface area contributed by atoms with E-state index in [9.17, 15) is 14.7 Å². The average molecular weight is 505 g/mol. The van der Waals surface area contributed by atoms with Crippen molar-refractivity contribution in [3.05, 3.63) is 144 Å². The van der Waals surface area contributed by atoms with E-state index >= 15 is 0 Å². The van der Waals surface area contributed by atoms with Gasteiger partial charge in [-0.15, -0.1) is 0 Å². The second-order valence-electron chi connectivity index (χ2n) is 9.28. The minimum atomic E-state index is -1.96. The first-order valence-corrected chi connectivity index (χ1v) is 12.5. The summed E-state index contributed by atoms with van der Waals surface area (Å²) in [5, 5.41) is 12.7. The van der Waals surface area contributed by atoms with Gasteiger partial charge in [0.1, 0.15) is 23.2 Å². The summed E-state index contributed by atoms with van der Waals surface area (Å²) in [7, 11) is 1.30. The van der Waals surface area contributed by atoms with Gasteiger partial charge in [0.05, 0.1) is 7.11 Å². The maximum absolute atomic E-state index is 13.9. The van der Waals surface area contributed by atoms with Crippen molar-refractivity contribution in [3.8, 4) is 5.75 Å². The lowest BCUT2D eigenvalue weighted by atomic mass is 9.59. The third kappa shape index (κ3) is 4.64. The highest BCUT2D eigenvalue weighted by atomic mass is 16.5. The van der Waals surface area contributed by atoms with Crippen LogP contribution in [0.5, 0.6) is 5.75 Å². The van der Waals surface area contributed by atoms with E-state index in [1.54, 1.807) is 54.6 Å². The van der Waals surface area contributed by atoms with Gasteiger partial charge in [0.15, 0.2) is 0 Å². The van der Waals surface area contributed by atoms with Gasteiger partial charge in [0.25, 0.3) is 0 Å². The molecule has 0 saturated heterocycles. The van der Waals surface area contributed by atoms with E-state index in [-0.39, 0.29) is 0 Å². The smallest absolute Gasteiger partial charge is 0.321 e. The molecule has 0 unspecified atom stereocenters. The Hall–Kier alpha value is -4.48. The predicted octanol–water partition coefficient (Wildman–Crippen LogP) is 5.77. The molecule has 190 valence electrons. The number of methoxy groups -OCH3 is 1. The Kier molecular flexibility index (Phi) is 7.20. The highest BCUT2D eigenvalue weighted by Gasteiger charge is 2.59. The zero-order valence-electron chi connectivity index (χ0n) is 20.9. The van der Waals surface area contributed by atoms with Crippen molar-refractivity contribution in [2.75, 3.05) is 7.11 Å². The van der Waals surface area contributed by atoms with Crippen molar-refractivity contribution in [1.82, 2.24) is 0 Å². The molecular formula is C33H28O5. The van der Waals surface area contributed by atoms with Crippen LogP contribution < -0.4 is 4.74 Å². The van der Waals surface area contributed by atoms with Crippen LogP contribution in [0, 0.1) is 11.8 Å². The van der Waals surface area contributed by atoms with Crippen LogP contribution in [0.4, 0.5) is 0 Å². The van der Waals surface area contributed by atoms with Crippen LogP contribution in [0.15, 0.2) is 127 Å². The lowest BCUT2D eigenvalue weighted by Crippen LogP contribution is -2.54. The van der Waals surface area contributed by atoms with Crippen LogP contribution >= 0.6 is 0 Å². The summed E-state index contributed by atoms with van der Waals surface area (Å²) >= 11 is 0. The molecule has 1 aliphatic rings. The van der Waals surface area contributed by atoms with E-state index in [2.05, 4.69) is 0 Å². The van der Waals surface area contributed by atoms with E-state index in [1.165, 1.54) is 7.11 Å². The molecule has 0 spiro atoms. The monoisotopic (exact) mass is 504 g/mol. The fourth-order valence-corrected chi connectivity index (χ4v) is 5.40. The first-order valence-electron chi connectivity index (χ1n) is 12.5. The molecule has 38 heavy (non-hydrogen) atoms. The number of hydrogen-bond acceptors (Lipinski definition) is 5. The lowest BCUT2D eigenvalue weighted by molar-refractivity contribution is -0.169. The average Bonchev–Trinajstić information content (AvgIpc) is 2.98. The van der Waals surface area contributed by atoms with Gasteiger partial charge >= 0.3 is 11.9 Å². The number of allylic oxidation sites excluding steroid dienone is 1. The molecule has 1 aliphatic carbocycles. The number of carbonyl (C=O) groups is 2. The molecule has 0 radical (unpaired) electrons. The maximum atomic E-state index is 13.9. The molecule has 0 aliphatic heterocycles. The van der Waals surface area contributed by atoms with Gasteiger partial charge in [-0.1, -0.05) is 115 Å². The lowest BCUT2D eigenvalue weighted by Gasteiger charge is -2.47. The Morgan fingerprint density at radius 2 is 1.24 bits per heavy atom. The van der Waals surface area contributed by atoms with Crippen molar-refractivity contribution in [2.45, 2.75) is 11.5 Å². The molecule has 5 rings (SSSR count). The predicted molar refractivity (Wildman–Crippen MR) is 145 cm³/mol. The summed E-state index contributed by atoms with van der Waals surface area (Å²) in [6, 6.07) is 36.6. The molecule has 1 N–H and O–H groups in total. The largest absolute Gasteiger partial charge is 0.469 e. The standard InChI is InChI=1S/C33H28O5/c1-37-32(35)30-29(24-16-8-3-9-17-24)27(23-14-6-2-7-15-23)22-28(31(34)38-26-20-12-5-13-21-26)33(30,36)25-18-10-4-11-19-25/h2-22,28-30,36H,1H3/t28-,29-,30-,33-/m1/s1. The molecule has 0 amide bonds. The van der Waals surface area contributed by atoms with E-state index in [1.807, 2.05) is 72.8 Å². The minimum absolute atomic E-state index is 0.349. The number of carbonyl (C=O) groups excluding carboxylic acids is 2. The van der Waals surface area contributed by atoms with Gasteiger partial charge < -0.3 is 14.6 Å². The topological polar surface area (TPSA) is 72.8 Å². The number of aliphatic hydroxyl groups is 1. The first-order chi connectivity index (χ1) is 18.5. The van der Waals surface area contributed by atoms with Crippen LogP contribution in [0.1, 0.15) is 22.6 Å². The Morgan fingerprint density at radius 3 is 1.82 bits per heavy atom. The third-order valence-electron chi connectivity index (χ3n) is 7.14. The summed E-state index contributed by atoms with van der Waals surface area (Å²) < 4.78 is 11.1. The second-order valence-corrected chi connectivity index (χ2v) is 9.28.